The summed E-state index contributed by atoms with van der Waals surface area (Å²) in [5.74, 6) is 2.53. The summed E-state index contributed by atoms with van der Waals surface area (Å²) in [6.45, 7) is 1.93. The highest BCUT2D eigenvalue weighted by Crippen LogP contribution is 2.61. The SMILES string of the molecule is Cc1ccccc1C(=O)Nc1cccc(NC(=O)CC23CC4CC(CC(C4)C2)C3)c1. The lowest BCUT2D eigenvalue weighted by Crippen LogP contribution is -2.47. The van der Waals surface area contributed by atoms with Gasteiger partial charge in [0.2, 0.25) is 5.91 Å². The summed E-state index contributed by atoms with van der Waals surface area (Å²) >= 11 is 0. The third kappa shape index (κ3) is 3.88. The summed E-state index contributed by atoms with van der Waals surface area (Å²) in [6, 6.07) is 15.0. The highest BCUT2D eigenvalue weighted by atomic mass is 16.2. The molecule has 0 heterocycles. The quantitative estimate of drug-likeness (QED) is 0.665. The predicted molar refractivity (Wildman–Crippen MR) is 119 cm³/mol. The molecule has 2 aromatic rings. The van der Waals surface area contributed by atoms with Crippen molar-refractivity contribution in [2.75, 3.05) is 10.6 Å². The lowest BCUT2D eigenvalue weighted by Gasteiger charge is -2.56. The summed E-state index contributed by atoms with van der Waals surface area (Å²) < 4.78 is 0. The van der Waals surface area contributed by atoms with Crippen molar-refractivity contribution in [3.05, 3.63) is 59.7 Å². The molecule has 4 aliphatic carbocycles. The van der Waals surface area contributed by atoms with Crippen LogP contribution < -0.4 is 10.6 Å². The second-order valence-electron chi connectivity index (χ2n) is 9.99. The second kappa shape index (κ2) is 7.57. The predicted octanol–water partition coefficient (Wildman–Crippen LogP) is 5.79. The van der Waals surface area contributed by atoms with E-state index in [1.165, 1.54) is 38.5 Å². The van der Waals surface area contributed by atoms with Crippen molar-refractivity contribution in [2.24, 2.45) is 23.2 Å². The van der Waals surface area contributed by atoms with Gasteiger partial charge in [-0.3, -0.25) is 9.59 Å². The molecule has 0 spiro atoms. The lowest BCUT2D eigenvalue weighted by molar-refractivity contribution is -0.124. The normalized spacial score (nSPS) is 28.9. The molecular weight excluding hydrogens is 372 g/mol. The minimum absolute atomic E-state index is 0.110. The van der Waals surface area contributed by atoms with Crippen molar-refractivity contribution in [1.82, 2.24) is 0 Å². The lowest BCUT2D eigenvalue weighted by atomic mass is 9.49. The van der Waals surface area contributed by atoms with E-state index in [0.717, 1.165) is 29.0 Å². The Balaban J connectivity index is 1.23. The minimum atomic E-state index is -0.134. The van der Waals surface area contributed by atoms with Crippen molar-refractivity contribution in [1.29, 1.82) is 0 Å². The van der Waals surface area contributed by atoms with Gasteiger partial charge in [-0.05, 0) is 98.4 Å². The van der Waals surface area contributed by atoms with Crippen LogP contribution in [0.25, 0.3) is 0 Å². The standard InChI is InChI=1S/C26H30N2O2/c1-17-5-2-3-8-23(17)25(30)28-22-7-4-6-21(12-22)27-24(29)16-26-13-18-9-19(14-26)11-20(10-18)15-26/h2-8,12,18-20H,9-11,13-16H2,1H3,(H,27,29)(H,28,30). The van der Waals surface area contributed by atoms with Crippen molar-refractivity contribution in [2.45, 2.75) is 51.9 Å². The third-order valence-corrected chi connectivity index (χ3v) is 7.49. The van der Waals surface area contributed by atoms with Gasteiger partial charge in [-0.1, -0.05) is 24.3 Å². The summed E-state index contributed by atoms with van der Waals surface area (Å²) in [5.41, 5.74) is 3.27. The molecule has 2 aromatic carbocycles. The fraction of sp³-hybridized carbons (Fsp3) is 0.462. The van der Waals surface area contributed by atoms with E-state index in [1.54, 1.807) is 0 Å². The largest absolute Gasteiger partial charge is 0.326 e. The Morgan fingerprint density at radius 3 is 2.10 bits per heavy atom. The van der Waals surface area contributed by atoms with Gasteiger partial charge in [0.1, 0.15) is 0 Å². The Bertz CT molecular complexity index is 945. The monoisotopic (exact) mass is 402 g/mol. The molecule has 30 heavy (non-hydrogen) atoms. The molecule has 6 rings (SSSR count). The molecule has 0 saturated heterocycles. The van der Waals surface area contributed by atoms with Crippen LogP contribution in [0, 0.1) is 30.1 Å². The van der Waals surface area contributed by atoms with E-state index in [0.29, 0.717) is 17.7 Å². The molecule has 4 saturated carbocycles. The Morgan fingerprint density at radius 2 is 1.47 bits per heavy atom. The first-order chi connectivity index (χ1) is 14.5. The summed E-state index contributed by atoms with van der Waals surface area (Å²) in [6.07, 6.45) is 8.52. The van der Waals surface area contributed by atoms with Crippen molar-refractivity contribution in [3.63, 3.8) is 0 Å². The molecule has 2 amide bonds. The van der Waals surface area contributed by atoms with Crippen LogP contribution in [0.2, 0.25) is 0 Å². The molecule has 4 heteroatoms. The van der Waals surface area contributed by atoms with Crippen LogP contribution in [0.4, 0.5) is 11.4 Å². The van der Waals surface area contributed by atoms with E-state index in [9.17, 15) is 9.59 Å². The topological polar surface area (TPSA) is 58.2 Å². The molecule has 4 bridgehead atoms. The number of nitrogens with one attached hydrogen (secondary N) is 2. The summed E-state index contributed by atoms with van der Waals surface area (Å²) in [4.78, 5) is 25.5. The number of benzene rings is 2. The Hall–Kier alpha value is -2.62. The van der Waals surface area contributed by atoms with Gasteiger partial charge < -0.3 is 10.6 Å². The first-order valence-electron chi connectivity index (χ1n) is 11.2. The molecule has 4 fully saturated rings. The zero-order chi connectivity index (χ0) is 20.7. The second-order valence-corrected chi connectivity index (χ2v) is 9.99. The average Bonchev–Trinajstić information content (AvgIpc) is 2.67. The molecule has 0 radical (unpaired) electrons. The van der Waals surface area contributed by atoms with Gasteiger partial charge in [-0.15, -0.1) is 0 Å². The number of rotatable bonds is 5. The van der Waals surface area contributed by atoms with E-state index in [4.69, 9.17) is 0 Å². The molecular formula is C26H30N2O2. The summed E-state index contributed by atoms with van der Waals surface area (Å²) in [5, 5.41) is 6.04. The van der Waals surface area contributed by atoms with Crippen LogP contribution >= 0.6 is 0 Å². The first-order valence-corrected chi connectivity index (χ1v) is 11.2. The number of aryl methyl sites for hydroxylation is 1. The van der Waals surface area contributed by atoms with Crippen molar-refractivity contribution in [3.8, 4) is 0 Å². The molecule has 156 valence electrons. The van der Waals surface area contributed by atoms with E-state index in [2.05, 4.69) is 10.6 Å². The third-order valence-electron chi connectivity index (χ3n) is 7.49. The fourth-order valence-corrected chi connectivity index (χ4v) is 6.75. The van der Waals surface area contributed by atoms with E-state index in [1.807, 2.05) is 55.5 Å². The Kier molecular flexibility index (Phi) is 4.88. The molecule has 0 atom stereocenters. The molecule has 4 aliphatic rings. The zero-order valence-corrected chi connectivity index (χ0v) is 17.6. The van der Waals surface area contributed by atoms with Gasteiger partial charge in [-0.2, -0.15) is 0 Å². The van der Waals surface area contributed by atoms with Crippen LogP contribution in [-0.2, 0) is 4.79 Å². The van der Waals surface area contributed by atoms with Gasteiger partial charge in [0, 0.05) is 23.4 Å². The highest BCUT2D eigenvalue weighted by Gasteiger charge is 2.51. The molecule has 0 aliphatic heterocycles. The number of anilines is 2. The Labute approximate surface area is 178 Å². The fourth-order valence-electron chi connectivity index (χ4n) is 6.75. The summed E-state index contributed by atoms with van der Waals surface area (Å²) in [7, 11) is 0. The van der Waals surface area contributed by atoms with Crippen molar-refractivity contribution >= 4 is 23.2 Å². The van der Waals surface area contributed by atoms with Crippen LogP contribution in [0.3, 0.4) is 0 Å². The average molecular weight is 403 g/mol. The number of carbonyl (C=O) groups is 2. The number of carbonyl (C=O) groups excluding carboxylic acids is 2. The van der Waals surface area contributed by atoms with Crippen LogP contribution in [0.5, 0.6) is 0 Å². The molecule has 0 aromatic heterocycles. The maximum absolute atomic E-state index is 12.9. The number of hydrogen-bond acceptors (Lipinski definition) is 2. The van der Waals surface area contributed by atoms with Gasteiger partial charge >= 0.3 is 0 Å². The number of hydrogen-bond donors (Lipinski definition) is 2. The van der Waals surface area contributed by atoms with Crippen LogP contribution in [-0.4, -0.2) is 11.8 Å². The molecule has 0 unspecified atom stereocenters. The Morgan fingerprint density at radius 1 is 0.867 bits per heavy atom. The van der Waals surface area contributed by atoms with E-state index >= 15 is 0 Å². The van der Waals surface area contributed by atoms with Crippen LogP contribution in [0.15, 0.2) is 48.5 Å². The van der Waals surface area contributed by atoms with Crippen LogP contribution in [0.1, 0.15) is 60.9 Å². The zero-order valence-electron chi connectivity index (χ0n) is 17.6. The molecule has 2 N–H and O–H groups in total. The first kappa shape index (κ1) is 19.3. The smallest absolute Gasteiger partial charge is 0.255 e. The van der Waals surface area contributed by atoms with E-state index < -0.39 is 0 Å². The maximum atomic E-state index is 12.9. The highest BCUT2D eigenvalue weighted by molar-refractivity contribution is 6.05. The maximum Gasteiger partial charge on any atom is 0.255 e. The van der Waals surface area contributed by atoms with Crippen molar-refractivity contribution < 1.29 is 9.59 Å². The molecule has 4 nitrogen and oxygen atoms in total. The van der Waals surface area contributed by atoms with E-state index in [-0.39, 0.29) is 17.2 Å². The minimum Gasteiger partial charge on any atom is -0.326 e. The van der Waals surface area contributed by atoms with Gasteiger partial charge in [0.15, 0.2) is 0 Å². The number of amides is 2. The van der Waals surface area contributed by atoms with Gasteiger partial charge in [-0.25, -0.2) is 0 Å². The van der Waals surface area contributed by atoms with Gasteiger partial charge in [0.25, 0.3) is 5.91 Å². The van der Waals surface area contributed by atoms with Gasteiger partial charge in [0.05, 0.1) is 0 Å².